The van der Waals surface area contributed by atoms with E-state index in [1.165, 1.54) is 0 Å². The molecule has 0 rings (SSSR count). The minimum Gasteiger partial charge on any atom is -0.303 e. The van der Waals surface area contributed by atoms with Crippen LogP contribution in [-0.4, -0.2) is 16.9 Å². The molecule has 1 nitrogen and oxygen atoms in total. The number of rotatable bonds is 5. The molecular weight excluding hydrogens is 248 g/mol. The summed E-state index contributed by atoms with van der Waals surface area (Å²) < 4.78 is 0. The van der Waals surface area contributed by atoms with E-state index in [-0.39, 0.29) is 0 Å². The van der Waals surface area contributed by atoms with Gasteiger partial charge in [-0.05, 0) is 12.3 Å². The Balaban J connectivity index is 3.28. The van der Waals surface area contributed by atoms with Crippen LogP contribution in [0, 0.1) is 5.92 Å². The number of hydrogen-bond donors (Lipinski definition) is 0. The van der Waals surface area contributed by atoms with Crippen LogP contribution >= 0.6 is 31.9 Å². The Bertz CT molecular complexity index is 75.5. The summed E-state index contributed by atoms with van der Waals surface area (Å²) in [5, 5.41) is 1.91. The first-order chi connectivity index (χ1) is 4.35. The van der Waals surface area contributed by atoms with Gasteiger partial charge in [-0.2, -0.15) is 0 Å². The van der Waals surface area contributed by atoms with Gasteiger partial charge in [0.05, 0.1) is 0 Å². The molecule has 0 aliphatic carbocycles. The van der Waals surface area contributed by atoms with Crippen molar-refractivity contribution in [1.82, 2.24) is 0 Å². The van der Waals surface area contributed by atoms with E-state index < -0.39 is 0 Å². The van der Waals surface area contributed by atoms with E-state index in [1.54, 1.807) is 0 Å². The highest BCUT2D eigenvalue weighted by atomic mass is 79.9. The average molecular weight is 258 g/mol. The lowest BCUT2D eigenvalue weighted by atomic mass is 10.1. The number of hydrogen-bond acceptors (Lipinski definition) is 1. The first kappa shape index (κ1) is 9.63. The third-order valence-corrected chi connectivity index (χ3v) is 2.54. The van der Waals surface area contributed by atoms with Crippen LogP contribution in [0.3, 0.4) is 0 Å². The highest BCUT2D eigenvalue weighted by Crippen LogP contribution is 2.11. The van der Waals surface area contributed by atoms with Gasteiger partial charge < -0.3 is 4.79 Å². The van der Waals surface area contributed by atoms with Crippen LogP contribution < -0.4 is 0 Å². The maximum Gasteiger partial charge on any atom is 0.120 e. The molecule has 0 fully saturated rings. The summed E-state index contributed by atoms with van der Waals surface area (Å²) >= 11 is 6.66. The smallest absolute Gasteiger partial charge is 0.120 e. The van der Waals surface area contributed by atoms with Gasteiger partial charge in [0.1, 0.15) is 6.29 Å². The second-order valence-electron chi connectivity index (χ2n) is 1.90. The summed E-state index contributed by atoms with van der Waals surface area (Å²) in [5.74, 6) is 0.516. The number of halogens is 2. The van der Waals surface area contributed by atoms with Crippen molar-refractivity contribution in [3.63, 3.8) is 0 Å². The number of aldehydes is 1. The number of carbonyl (C=O) groups excluding carboxylic acids is 1. The molecule has 0 bridgehead atoms. The lowest BCUT2D eigenvalue weighted by molar-refractivity contribution is -0.108. The van der Waals surface area contributed by atoms with Gasteiger partial charge in [0, 0.05) is 17.1 Å². The maximum absolute atomic E-state index is 10.0. The Labute approximate surface area is 72.5 Å². The van der Waals surface area contributed by atoms with Gasteiger partial charge >= 0.3 is 0 Å². The van der Waals surface area contributed by atoms with Crippen molar-refractivity contribution in [3.05, 3.63) is 0 Å². The molecule has 0 aliphatic heterocycles. The molecule has 0 spiro atoms. The molecule has 0 aromatic carbocycles. The van der Waals surface area contributed by atoms with Gasteiger partial charge in [0.2, 0.25) is 0 Å². The highest BCUT2D eigenvalue weighted by molar-refractivity contribution is 9.09. The second kappa shape index (κ2) is 6.75. The van der Waals surface area contributed by atoms with Crippen LogP contribution in [0.1, 0.15) is 12.8 Å². The SMILES string of the molecule is O=CCC(CBr)CCBr. The topological polar surface area (TPSA) is 17.1 Å². The summed E-state index contributed by atoms with van der Waals surface area (Å²) in [4.78, 5) is 10.0. The lowest BCUT2D eigenvalue weighted by Gasteiger charge is -2.05. The van der Waals surface area contributed by atoms with E-state index >= 15 is 0 Å². The Hall–Kier alpha value is 0.630. The lowest BCUT2D eigenvalue weighted by Crippen LogP contribution is -2.02. The van der Waals surface area contributed by atoms with Gasteiger partial charge in [-0.3, -0.25) is 0 Å². The zero-order valence-electron chi connectivity index (χ0n) is 5.15. The zero-order valence-corrected chi connectivity index (χ0v) is 8.32. The molecule has 0 radical (unpaired) electrons. The minimum atomic E-state index is 0.516. The van der Waals surface area contributed by atoms with Gasteiger partial charge in [0.25, 0.3) is 0 Å². The fourth-order valence-corrected chi connectivity index (χ4v) is 1.78. The quantitative estimate of drug-likeness (QED) is 0.546. The van der Waals surface area contributed by atoms with E-state index in [9.17, 15) is 4.79 Å². The molecule has 0 aromatic rings. The molecule has 9 heavy (non-hydrogen) atoms. The fourth-order valence-electron chi connectivity index (χ4n) is 0.548. The molecule has 3 heteroatoms. The van der Waals surface area contributed by atoms with Crippen molar-refractivity contribution in [1.29, 1.82) is 0 Å². The molecule has 54 valence electrons. The van der Waals surface area contributed by atoms with Crippen LogP contribution in [0.15, 0.2) is 0 Å². The molecular formula is C6H10Br2O. The number of alkyl halides is 2. The molecule has 0 aromatic heterocycles. The predicted octanol–water partition coefficient (Wildman–Crippen LogP) is 2.37. The average Bonchev–Trinajstić information content (AvgIpc) is 1.88. The highest BCUT2D eigenvalue weighted by Gasteiger charge is 2.03. The van der Waals surface area contributed by atoms with Gasteiger partial charge in [0.15, 0.2) is 0 Å². The Morgan fingerprint density at radius 3 is 2.44 bits per heavy atom. The fraction of sp³-hybridized carbons (Fsp3) is 0.833. The van der Waals surface area contributed by atoms with Gasteiger partial charge in [-0.15, -0.1) is 0 Å². The Kier molecular flexibility index (Phi) is 7.22. The third kappa shape index (κ3) is 5.09. The molecule has 1 atom stereocenters. The molecule has 1 unspecified atom stereocenters. The summed E-state index contributed by atoms with van der Waals surface area (Å²) in [5.41, 5.74) is 0. The van der Waals surface area contributed by atoms with E-state index in [0.717, 1.165) is 23.4 Å². The van der Waals surface area contributed by atoms with Gasteiger partial charge in [-0.25, -0.2) is 0 Å². The van der Waals surface area contributed by atoms with E-state index in [4.69, 9.17) is 0 Å². The first-order valence-electron chi connectivity index (χ1n) is 2.90. The van der Waals surface area contributed by atoms with Crippen molar-refractivity contribution >= 4 is 38.1 Å². The minimum absolute atomic E-state index is 0.516. The third-order valence-electron chi connectivity index (χ3n) is 1.17. The summed E-state index contributed by atoms with van der Waals surface area (Å²) in [7, 11) is 0. The number of carbonyl (C=O) groups is 1. The molecule has 0 N–H and O–H groups in total. The van der Waals surface area contributed by atoms with Gasteiger partial charge in [-0.1, -0.05) is 31.9 Å². The van der Waals surface area contributed by atoms with Crippen molar-refractivity contribution in [2.45, 2.75) is 12.8 Å². The molecule has 0 aliphatic rings. The van der Waals surface area contributed by atoms with Crippen LogP contribution in [0.4, 0.5) is 0 Å². The van der Waals surface area contributed by atoms with Crippen molar-refractivity contribution in [2.75, 3.05) is 10.7 Å². The van der Waals surface area contributed by atoms with E-state index in [2.05, 4.69) is 31.9 Å². The second-order valence-corrected chi connectivity index (χ2v) is 3.34. The summed E-state index contributed by atoms with van der Waals surface area (Å²) in [6.45, 7) is 0. The van der Waals surface area contributed by atoms with Crippen LogP contribution in [0.2, 0.25) is 0 Å². The monoisotopic (exact) mass is 256 g/mol. The molecule has 0 amide bonds. The molecule has 0 saturated carbocycles. The molecule has 0 saturated heterocycles. The van der Waals surface area contributed by atoms with Crippen molar-refractivity contribution < 1.29 is 4.79 Å². The van der Waals surface area contributed by atoms with Crippen LogP contribution in [-0.2, 0) is 4.79 Å². The summed E-state index contributed by atoms with van der Waals surface area (Å²) in [6, 6.07) is 0. The maximum atomic E-state index is 10.0. The van der Waals surface area contributed by atoms with E-state index in [0.29, 0.717) is 12.3 Å². The predicted molar refractivity (Wildman–Crippen MR) is 46.4 cm³/mol. The normalized spacial score (nSPS) is 13.1. The molecule has 0 heterocycles. The van der Waals surface area contributed by atoms with Crippen LogP contribution in [0.5, 0.6) is 0 Å². The van der Waals surface area contributed by atoms with Crippen molar-refractivity contribution in [3.8, 4) is 0 Å². The van der Waals surface area contributed by atoms with Crippen molar-refractivity contribution in [2.24, 2.45) is 5.92 Å². The Morgan fingerprint density at radius 1 is 1.44 bits per heavy atom. The zero-order chi connectivity index (χ0) is 7.11. The Morgan fingerprint density at radius 2 is 2.11 bits per heavy atom. The van der Waals surface area contributed by atoms with Crippen LogP contribution in [0.25, 0.3) is 0 Å². The largest absolute Gasteiger partial charge is 0.303 e. The first-order valence-corrected chi connectivity index (χ1v) is 5.15. The van der Waals surface area contributed by atoms with E-state index in [1.807, 2.05) is 0 Å². The standard InChI is InChI=1S/C6H10Br2O/c7-3-1-6(5-8)2-4-9/h4,6H,1-3,5H2. The summed E-state index contributed by atoms with van der Waals surface area (Å²) in [6.07, 6.45) is 2.73.